The van der Waals surface area contributed by atoms with Gasteiger partial charge >= 0.3 is 0 Å². The third-order valence-electron chi connectivity index (χ3n) is 6.04. The van der Waals surface area contributed by atoms with E-state index in [1.54, 1.807) is 42.3 Å². The van der Waals surface area contributed by atoms with E-state index < -0.39 is 0 Å². The molecule has 0 aliphatic rings. The number of aromatic nitrogens is 5. The molecular weight excluding hydrogens is 484 g/mol. The third kappa shape index (κ3) is 4.62. The highest BCUT2D eigenvalue weighted by molar-refractivity contribution is 5.94. The van der Waals surface area contributed by atoms with Gasteiger partial charge in [0, 0.05) is 28.8 Å². The molecule has 4 heterocycles. The maximum absolute atomic E-state index is 12.5. The summed E-state index contributed by atoms with van der Waals surface area (Å²) in [7, 11) is 1.62. The molecule has 0 saturated carbocycles. The van der Waals surface area contributed by atoms with Crippen LogP contribution in [0, 0.1) is 0 Å². The second-order valence-electron chi connectivity index (χ2n) is 8.43. The van der Waals surface area contributed by atoms with Gasteiger partial charge in [0.15, 0.2) is 11.5 Å². The molecule has 6 rings (SSSR count). The Bertz CT molecular complexity index is 1730. The molecule has 6 aromatic rings. The number of rotatable bonds is 8. The summed E-state index contributed by atoms with van der Waals surface area (Å²) in [4.78, 5) is 16.9. The molecule has 0 bridgehead atoms. The molecule has 2 aromatic carbocycles. The van der Waals surface area contributed by atoms with Gasteiger partial charge in [-0.05, 0) is 54.6 Å². The van der Waals surface area contributed by atoms with Crippen molar-refractivity contribution in [2.45, 2.75) is 13.2 Å². The highest BCUT2D eigenvalue weighted by atomic mass is 16.5. The van der Waals surface area contributed by atoms with E-state index in [0.29, 0.717) is 40.8 Å². The van der Waals surface area contributed by atoms with Crippen LogP contribution in [0.5, 0.6) is 11.5 Å². The number of pyridine rings is 1. The number of nitrogens with zero attached hydrogens (tertiary/aromatic N) is 5. The first kappa shape index (κ1) is 23.2. The standard InChI is InChI=1S/C28H22N6O4/c1-36-20-8-9-22-24(15-20)29-13-12-25(22)38-17-27-32-31-26-11-10-23(33-34(26)27)18-4-6-19(7-5-18)28(35)30-16-21-3-2-14-37-21/h2-15H,16-17H2,1H3,(H,30,35). The molecule has 1 N–H and O–H groups in total. The molecular formula is C28H22N6O4. The minimum atomic E-state index is -0.184. The minimum absolute atomic E-state index is 0.164. The second kappa shape index (κ2) is 10.0. The third-order valence-corrected chi connectivity index (χ3v) is 6.04. The van der Waals surface area contributed by atoms with E-state index in [1.807, 2.05) is 54.6 Å². The normalized spacial score (nSPS) is 11.1. The van der Waals surface area contributed by atoms with Gasteiger partial charge in [-0.15, -0.1) is 10.2 Å². The lowest BCUT2D eigenvalue weighted by atomic mass is 10.1. The van der Waals surface area contributed by atoms with Crippen LogP contribution < -0.4 is 14.8 Å². The van der Waals surface area contributed by atoms with Gasteiger partial charge in [0.1, 0.15) is 23.9 Å². The van der Waals surface area contributed by atoms with Gasteiger partial charge in [-0.25, -0.2) is 0 Å². The van der Waals surface area contributed by atoms with Crippen molar-refractivity contribution in [1.82, 2.24) is 30.1 Å². The Kier molecular flexibility index (Phi) is 6.11. The average Bonchev–Trinajstić information content (AvgIpc) is 3.64. The van der Waals surface area contributed by atoms with Gasteiger partial charge < -0.3 is 19.2 Å². The van der Waals surface area contributed by atoms with Gasteiger partial charge in [-0.2, -0.15) is 9.61 Å². The van der Waals surface area contributed by atoms with Crippen molar-refractivity contribution < 1.29 is 18.7 Å². The number of furan rings is 1. The van der Waals surface area contributed by atoms with E-state index in [1.165, 1.54) is 0 Å². The van der Waals surface area contributed by atoms with Crippen LogP contribution in [0.4, 0.5) is 0 Å². The summed E-state index contributed by atoms with van der Waals surface area (Å²) in [5.74, 6) is 2.46. The molecule has 10 nitrogen and oxygen atoms in total. The van der Waals surface area contributed by atoms with Crippen LogP contribution in [0.25, 0.3) is 27.8 Å². The Morgan fingerprint density at radius 2 is 1.92 bits per heavy atom. The fourth-order valence-electron chi connectivity index (χ4n) is 4.05. The highest BCUT2D eigenvalue weighted by Gasteiger charge is 2.12. The van der Waals surface area contributed by atoms with Crippen molar-refractivity contribution in [2.75, 3.05) is 7.11 Å². The van der Waals surface area contributed by atoms with E-state index in [-0.39, 0.29) is 12.5 Å². The van der Waals surface area contributed by atoms with Gasteiger partial charge in [0.05, 0.1) is 31.1 Å². The first-order chi connectivity index (χ1) is 18.7. The first-order valence-corrected chi connectivity index (χ1v) is 11.9. The summed E-state index contributed by atoms with van der Waals surface area (Å²) in [6, 6.07) is 22.0. The molecule has 10 heteroatoms. The van der Waals surface area contributed by atoms with Crippen molar-refractivity contribution >= 4 is 22.5 Å². The lowest BCUT2D eigenvalue weighted by Gasteiger charge is -2.09. The summed E-state index contributed by atoms with van der Waals surface area (Å²) in [6.45, 7) is 0.491. The summed E-state index contributed by atoms with van der Waals surface area (Å²) in [5.41, 5.74) is 3.48. The molecule has 0 aliphatic heterocycles. The number of methoxy groups -OCH3 is 1. The van der Waals surface area contributed by atoms with E-state index in [4.69, 9.17) is 19.0 Å². The molecule has 0 aliphatic carbocycles. The lowest BCUT2D eigenvalue weighted by molar-refractivity contribution is 0.0948. The van der Waals surface area contributed by atoms with Crippen molar-refractivity contribution in [1.29, 1.82) is 0 Å². The fraction of sp³-hybridized carbons (Fsp3) is 0.107. The molecule has 188 valence electrons. The van der Waals surface area contributed by atoms with Crippen LogP contribution in [-0.4, -0.2) is 37.8 Å². The van der Waals surface area contributed by atoms with Crippen LogP contribution in [-0.2, 0) is 13.2 Å². The number of ether oxygens (including phenoxy) is 2. The number of hydrogen-bond donors (Lipinski definition) is 1. The number of benzene rings is 2. The van der Waals surface area contributed by atoms with Crippen molar-refractivity contribution in [3.8, 4) is 22.8 Å². The summed E-state index contributed by atoms with van der Waals surface area (Å²) in [5, 5.41) is 16.9. The van der Waals surface area contributed by atoms with Crippen LogP contribution >= 0.6 is 0 Å². The quantitative estimate of drug-likeness (QED) is 0.322. The van der Waals surface area contributed by atoms with Crippen molar-refractivity contribution in [3.63, 3.8) is 0 Å². The molecule has 0 spiro atoms. The van der Waals surface area contributed by atoms with Crippen LogP contribution in [0.2, 0.25) is 0 Å². The van der Waals surface area contributed by atoms with Gasteiger partial charge in [0.2, 0.25) is 0 Å². The minimum Gasteiger partial charge on any atom is -0.497 e. The molecule has 0 fully saturated rings. The monoisotopic (exact) mass is 506 g/mol. The number of hydrogen-bond acceptors (Lipinski definition) is 8. The summed E-state index contributed by atoms with van der Waals surface area (Å²) >= 11 is 0. The molecule has 0 radical (unpaired) electrons. The Morgan fingerprint density at radius 1 is 1.03 bits per heavy atom. The zero-order chi connectivity index (χ0) is 25.9. The molecule has 1 amide bonds. The van der Waals surface area contributed by atoms with Crippen molar-refractivity contribution in [3.05, 3.63) is 102 Å². The fourth-order valence-corrected chi connectivity index (χ4v) is 4.05. The highest BCUT2D eigenvalue weighted by Crippen LogP contribution is 2.27. The number of fused-ring (bicyclic) bond motifs is 2. The van der Waals surface area contributed by atoms with Crippen LogP contribution in [0.1, 0.15) is 21.9 Å². The maximum atomic E-state index is 12.5. The van der Waals surface area contributed by atoms with Crippen LogP contribution in [0.15, 0.2) is 89.7 Å². The Labute approximate surface area is 216 Å². The Morgan fingerprint density at radius 3 is 2.74 bits per heavy atom. The number of carbonyl (C=O) groups is 1. The predicted octanol–water partition coefficient (Wildman–Crippen LogP) is 4.45. The SMILES string of the molecule is COc1ccc2c(OCc3nnc4ccc(-c5ccc(C(=O)NCc6ccco6)cc5)nn34)ccnc2c1. The van der Waals surface area contributed by atoms with Gasteiger partial charge in [0.25, 0.3) is 5.91 Å². The lowest BCUT2D eigenvalue weighted by Crippen LogP contribution is -2.22. The largest absolute Gasteiger partial charge is 0.497 e. The first-order valence-electron chi connectivity index (χ1n) is 11.9. The summed E-state index contributed by atoms with van der Waals surface area (Å²) < 4.78 is 18.3. The van der Waals surface area contributed by atoms with Crippen molar-refractivity contribution in [2.24, 2.45) is 0 Å². The van der Waals surface area contributed by atoms with Gasteiger partial charge in [-0.3, -0.25) is 9.78 Å². The van der Waals surface area contributed by atoms with E-state index >= 15 is 0 Å². The van der Waals surface area contributed by atoms with E-state index in [9.17, 15) is 4.79 Å². The molecule has 0 saturated heterocycles. The van der Waals surface area contributed by atoms with Crippen LogP contribution in [0.3, 0.4) is 0 Å². The number of carbonyl (C=O) groups excluding carboxylic acids is 1. The topological polar surface area (TPSA) is 117 Å². The molecule has 4 aromatic heterocycles. The average molecular weight is 507 g/mol. The van der Waals surface area contributed by atoms with E-state index in [2.05, 4.69) is 20.5 Å². The maximum Gasteiger partial charge on any atom is 0.251 e. The molecule has 0 unspecified atom stereocenters. The number of amides is 1. The molecule has 0 atom stereocenters. The zero-order valence-corrected chi connectivity index (χ0v) is 20.4. The number of nitrogens with one attached hydrogen (secondary N) is 1. The molecule has 38 heavy (non-hydrogen) atoms. The summed E-state index contributed by atoms with van der Waals surface area (Å²) in [6.07, 6.45) is 3.27. The zero-order valence-electron chi connectivity index (χ0n) is 20.4. The Balaban J connectivity index is 1.19. The second-order valence-corrected chi connectivity index (χ2v) is 8.43. The predicted molar refractivity (Wildman–Crippen MR) is 139 cm³/mol. The Hall–Kier alpha value is -5.25. The van der Waals surface area contributed by atoms with Gasteiger partial charge in [-0.1, -0.05) is 12.1 Å². The van der Waals surface area contributed by atoms with E-state index in [0.717, 1.165) is 22.2 Å². The smallest absolute Gasteiger partial charge is 0.251 e.